The average molecular weight is 293 g/mol. The molecular formula is C12H23NO5S. The van der Waals surface area contributed by atoms with Crippen LogP contribution in [-0.4, -0.2) is 44.0 Å². The third-order valence-corrected chi connectivity index (χ3v) is 3.69. The summed E-state index contributed by atoms with van der Waals surface area (Å²) in [7, 11) is -3.30. The summed E-state index contributed by atoms with van der Waals surface area (Å²) in [5.74, 6) is -1.31. The van der Waals surface area contributed by atoms with E-state index in [0.29, 0.717) is 25.3 Å². The number of hydrogen-bond donors (Lipinski definition) is 2. The van der Waals surface area contributed by atoms with Crippen LogP contribution in [0.5, 0.6) is 0 Å². The van der Waals surface area contributed by atoms with E-state index in [1.165, 1.54) is 0 Å². The minimum atomic E-state index is -3.30. The fraction of sp³-hybridized carbons (Fsp3) is 0.833. The number of amides is 1. The van der Waals surface area contributed by atoms with E-state index >= 15 is 0 Å². The first-order valence-electron chi connectivity index (χ1n) is 6.28. The summed E-state index contributed by atoms with van der Waals surface area (Å²) in [6, 6.07) is 0. The van der Waals surface area contributed by atoms with Crippen LogP contribution < -0.4 is 5.32 Å². The topological polar surface area (TPSA) is 101 Å². The van der Waals surface area contributed by atoms with Gasteiger partial charge >= 0.3 is 5.97 Å². The number of nitrogens with one attached hydrogen (secondary N) is 1. The van der Waals surface area contributed by atoms with Crippen LogP contribution in [0.2, 0.25) is 0 Å². The highest BCUT2D eigenvalue weighted by molar-refractivity contribution is 7.91. The van der Waals surface area contributed by atoms with Crippen LogP contribution in [0, 0.1) is 11.8 Å². The number of rotatable bonds is 9. The molecule has 0 saturated heterocycles. The van der Waals surface area contributed by atoms with Gasteiger partial charge in [-0.25, -0.2) is 8.42 Å². The van der Waals surface area contributed by atoms with E-state index in [4.69, 9.17) is 5.11 Å². The Bertz CT molecular complexity index is 402. The Morgan fingerprint density at radius 3 is 2.21 bits per heavy atom. The van der Waals surface area contributed by atoms with Crippen molar-refractivity contribution in [2.45, 2.75) is 33.1 Å². The first-order chi connectivity index (χ1) is 8.61. The number of hydrogen-bond acceptors (Lipinski definition) is 4. The van der Waals surface area contributed by atoms with E-state index in [1.54, 1.807) is 0 Å². The molecule has 1 unspecified atom stereocenters. The molecule has 19 heavy (non-hydrogen) atoms. The monoisotopic (exact) mass is 293 g/mol. The molecule has 0 aliphatic rings. The summed E-state index contributed by atoms with van der Waals surface area (Å²) in [5, 5.41) is 11.2. The van der Waals surface area contributed by atoms with Gasteiger partial charge in [-0.2, -0.15) is 0 Å². The zero-order valence-corrected chi connectivity index (χ0v) is 12.5. The molecule has 6 nitrogen and oxygen atoms in total. The average Bonchev–Trinajstić information content (AvgIpc) is 2.19. The highest BCUT2D eigenvalue weighted by Gasteiger charge is 2.16. The predicted molar refractivity (Wildman–Crippen MR) is 72.5 cm³/mol. The molecule has 7 heteroatoms. The van der Waals surface area contributed by atoms with E-state index in [2.05, 4.69) is 5.32 Å². The molecule has 0 rings (SSSR count). The Morgan fingerprint density at radius 1 is 1.21 bits per heavy atom. The number of carboxylic acids is 1. The lowest BCUT2D eigenvalue weighted by molar-refractivity contribution is -0.137. The SMILES string of the molecule is CC(C)C(CCNC(=O)CS(C)(=O)=O)CCC(=O)O. The Labute approximate surface area is 114 Å². The maximum atomic E-state index is 11.3. The second kappa shape index (κ2) is 8.14. The normalized spacial score (nSPS) is 13.3. The van der Waals surface area contributed by atoms with Gasteiger partial charge in [0.15, 0.2) is 9.84 Å². The van der Waals surface area contributed by atoms with Gasteiger partial charge in [-0.15, -0.1) is 0 Å². The van der Waals surface area contributed by atoms with Crippen molar-refractivity contribution in [3.8, 4) is 0 Å². The second-order valence-electron chi connectivity index (χ2n) is 5.15. The molecule has 2 N–H and O–H groups in total. The molecular weight excluding hydrogens is 270 g/mol. The molecule has 0 saturated carbocycles. The fourth-order valence-electron chi connectivity index (χ4n) is 1.81. The largest absolute Gasteiger partial charge is 0.481 e. The number of carbonyl (C=O) groups excluding carboxylic acids is 1. The first kappa shape index (κ1) is 17.9. The fourth-order valence-corrected chi connectivity index (χ4v) is 2.38. The molecule has 0 aliphatic carbocycles. The van der Waals surface area contributed by atoms with Gasteiger partial charge in [-0.3, -0.25) is 9.59 Å². The van der Waals surface area contributed by atoms with E-state index in [-0.39, 0.29) is 12.3 Å². The molecule has 0 aromatic carbocycles. The molecule has 1 amide bonds. The number of aliphatic carboxylic acids is 1. The van der Waals surface area contributed by atoms with Gasteiger partial charge in [0.05, 0.1) is 0 Å². The molecule has 0 radical (unpaired) electrons. The van der Waals surface area contributed by atoms with Crippen molar-refractivity contribution < 1.29 is 23.1 Å². The van der Waals surface area contributed by atoms with Crippen molar-refractivity contribution in [2.75, 3.05) is 18.6 Å². The van der Waals surface area contributed by atoms with Crippen molar-refractivity contribution >= 4 is 21.7 Å². The minimum Gasteiger partial charge on any atom is -0.481 e. The third kappa shape index (κ3) is 10.5. The lowest BCUT2D eigenvalue weighted by Crippen LogP contribution is -2.32. The van der Waals surface area contributed by atoms with E-state index in [0.717, 1.165) is 6.26 Å². The van der Waals surface area contributed by atoms with Crippen LogP contribution >= 0.6 is 0 Å². The Balaban J connectivity index is 4.06. The molecule has 0 aromatic rings. The van der Waals surface area contributed by atoms with Gasteiger partial charge in [0.1, 0.15) is 5.75 Å². The zero-order chi connectivity index (χ0) is 15.1. The maximum Gasteiger partial charge on any atom is 0.303 e. The van der Waals surface area contributed by atoms with Crippen LogP contribution in [0.15, 0.2) is 0 Å². The summed E-state index contributed by atoms with van der Waals surface area (Å²) < 4.78 is 21.8. The lowest BCUT2D eigenvalue weighted by Gasteiger charge is -2.20. The van der Waals surface area contributed by atoms with Crippen LogP contribution in [0.4, 0.5) is 0 Å². The van der Waals surface area contributed by atoms with Crippen LogP contribution in [0.3, 0.4) is 0 Å². The summed E-state index contributed by atoms with van der Waals surface area (Å²) in [5.41, 5.74) is 0. The van der Waals surface area contributed by atoms with Crippen molar-refractivity contribution in [3.05, 3.63) is 0 Å². The molecule has 0 bridgehead atoms. The van der Waals surface area contributed by atoms with Crippen LogP contribution in [-0.2, 0) is 19.4 Å². The van der Waals surface area contributed by atoms with Gasteiger partial charge in [0.2, 0.25) is 5.91 Å². The molecule has 0 heterocycles. The van der Waals surface area contributed by atoms with Gasteiger partial charge in [0, 0.05) is 19.2 Å². The van der Waals surface area contributed by atoms with Gasteiger partial charge in [-0.05, 0) is 24.7 Å². The number of sulfone groups is 1. The summed E-state index contributed by atoms with van der Waals surface area (Å²) in [6.45, 7) is 4.38. The molecule has 0 fully saturated rings. The van der Waals surface area contributed by atoms with Crippen molar-refractivity contribution in [3.63, 3.8) is 0 Å². The molecule has 1 atom stereocenters. The second-order valence-corrected chi connectivity index (χ2v) is 7.29. The zero-order valence-electron chi connectivity index (χ0n) is 11.7. The quantitative estimate of drug-likeness (QED) is 0.651. The van der Waals surface area contributed by atoms with Gasteiger partial charge in [0.25, 0.3) is 0 Å². The number of carboxylic acid groups (broad SMARTS) is 1. The molecule has 0 aromatic heterocycles. The van der Waals surface area contributed by atoms with E-state index < -0.39 is 27.5 Å². The van der Waals surface area contributed by atoms with Gasteiger partial charge < -0.3 is 10.4 Å². The summed E-state index contributed by atoms with van der Waals surface area (Å²) >= 11 is 0. The first-order valence-corrected chi connectivity index (χ1v) is 8.34. The number of carbonyl (C=O) groups is 2. The van der Waals surface area contributed by atoms with Gasteiger partial charge in [-0.1, -0.05) is 13.8 Å². The lowest BCUT2D eigenvalue weighted by atomic mass is 9.88. The Morgan fingerprint density at radius 2 is 1.79 bits per heavy atom. The standard InChI is InChI=1S/C12H23NO5S/c1-9(2)10(4-5-12(15)16)6-7-13-11(14)8-19(3,17)18/h9-10H,4-8H2,1-3H3,(H,13,14)(H,15,16). The molecule has 112 valence electrons. The highest BCUT2D eigenvalue weighted by atomic mass is 32.2. The van der Waals surface area contributed by atoms with Crippen LogP contribution in [0.25, 0.3) is 0 Å². The summed E-state index contributed by atoms with van der Waals surface area (Å²) in [6.07, 6.45) is 2.34. The molecule has 0 spiro atoms. The van der Waals surface area contributed by atoms with Crippen molar-refractivity contribution in [1.82, 2.24) is 5.32 Å². The smallest absolute Gasteiger partial charge is 0.303 e. The van der Waals surface area contributed by atoms with Crippen molar-refractivity contribution in [1.29, 1.82) is 0 Å². The molecule has 0 aliphatic heterocycles. The Hall–Kier alpha value is -1.11. The van der Waals surface area contributed by atoms with E-state index in [9.17, 15) is 18.0 Å². The third-order valence-electron chi connectivity index (χ3n) is 2.90. The predicted octanol–water partition coefficient (Wildman–Crippen LogP) is 0.674. The summed E-state index contributed by atoms with van der Waals surface area (Å²) in [4.78, 5) is 21.8. The van der Waals surface area contributed by atoms with E-state index in [1.807, 2.05) is 13.8 Å². The maximum absolute atomic E-state index is 11.3. The minimum absolute atomic E-state index is 0.111. The highest BCUT2D eigenvalue weighted by Crippen LogP contribution is 2.20. The van der Waals surface area contributed by atoms with Crippen molar-refractivity contribution in [2.24, 2.45) is 11.8 Å². The van der Waals surface area contributed by atoms with Crippen LogP contribution in [0.1, 0.15) is 33.1 Å². The Kier molecular flexibility index (Phi) is 7.66.